The first-order valence-corrected chi connectivity index (χ1v) is 4.97. The number of thiazole rings is 1. The Bertz CT molecular complexity index is 383. The van der Waals surface area contributed by atoms with Crippen molar-refractivity contribution in [3.63, 3.8) is 0 Å². The molecule has 0 saturated heterocycles. The average Bonchev–Trinajstić information content (AvgIpc) is 2.67. The molecule has 2 heterocycles. The standard InChI is InChI=1S/C9H9N3S/c1-2-8-9(12-6-13-8)7-3-10-5-11-4-7/h3-6H,2H2,1H3. The molecular formula is C9H9N3S. The third kappa shape index (κ3) is 1.58. The summed E-state index contributed by atoms with van der Waals surface area (Å²) in [5, 5.41) is 0. The van der Waals surface area contributed by atoms with Crippen LogP contribution in [0.2, 0.25) is 0 Å². The number of hydrogen-bond acceptors (Lipinski definition) is 4. The molecule has 0 N–H and O–H groups in total. The fourth-order valence-electron chi connectivity index (χ4n) is 1.18. The van der Waals surface area contributed by atoms with Crippen LogP contribution in [0.5, 0.6) is 0 Å². The lowest BCUT2D eigenvalue weighted by Crippen LogP contribution is -1.85. The highest BCUT2D eigenvalue weighted by molar-refractivity contribution is 7.10. The van der Waals surface area contributed by atoms with Gasteiger partial charge in [-0.2, -0.15) is 0 Å². The molecule has 0 aromatic carbocycles. The van der Waals surface area contributed by atoms with Crippen molar-refractivity contribution in [2.45, 2.75) is 13.3 Å². The molecule has 0 saturated carbocycles. The maximum atomic E-state index is 4.30. The van der Waals surface area contributed by atoms with Gasteiger partial charge in [-0.1, -0.05) is 6.92 Å². The van der Waals surface area contributed by atoms with E-state index in [-0.39, 0.29) is 0 Å². The van der Waals surface area contributed by atoms with Gasteiger partial charge in [0.2, 0.25) is 0 Å². The number of nitrogens with zero attached hydrogens (tertiary/aromatic N) is 3. The van der Waals surface area contributed by atoms with E-state index in [0.717, 1.165) is 17.7 Å². The lowest BCUT2D eigenvalue weighted by Gasteiger charge is -1.97. The first kappa shape index (κ1) is 8.31. The molecule has 2 rings (SSSR count). The molecule has 13 heavy (non-hydrogen) atoms. The average molecular weight is 191 g/mol. The molecule has 0 spiro atoms. The van der Waals surface area contributed by atoms with Crippen LogP contribution >= 0.6 is 11.3 Å². The second-order valence-electron chi connectivity index (χ2n) is 2.60. The Balaban J connectivity index is 2.47. The third-order valence-corrected chi connectivity index (χ3v) is 2.77. The van der Waals surface area contributed by atoms with E-state index in [4.69, 9.17) is 0 Å². The van der Waals surface area contributed by atoms with E-state index in [1.54, 1.807) is 23.7 Å². The zero-order valence-electron chi connectivity index (χ0n) is 7.27. The Hall–Kier alpha value is -1.29. The summed E-state index contributed by atoms with van der Waals surface area (Å²) < 4.78 is 0. The van der Waals surface area contributed by atoms with Crippen LogP contribution in [-0.2, 0) is 6.42 Å². The predicted molar refractivity (Wildman–Crippen MR) is 52.5 cm³/mol. The summed E-state index contributed by atoms with van der Waals surface area (Å²) in [5.41, 5.74) is 3.88. The second kappa shape index (κ2) is 3.62. The van der Waals surface area contributed by atoms with E-state index in [9.17, 15) is 0 Å². The first-order chi connectivity index (χ1) is 6.42. The van der Waals surface area contributed by atoms with Crippen LogP contribution in [0.3, 0.4) is 0 Å². The van der Waals surface area contributed by atoms with Crippen molar-refractivity contribution < 1.29 is 0 Å². The molecule has 66 valence electrons. The monoisotopic (exact) mass is 191 g/mol. The lowest BCUT2D eigenvalue weighted by molar-refractivity contribution is 1.14. The largest absolute Gasteiger partial charge is 0.244 e. The summed E-state index contributed by atoms with van der Waals surface area (Å²) in [5.74, 6) is 0. The summed E-state index contributed by atoms with van der Waals surface area (Å²) in [7, 11) is 0. The molecule has 0 unspecified atom stereocenters. The van der Waals surface area contributed by atoms with Crippen molar-refractivity contribution in [2.75, 3.05) is 0 Å². The van der Waals surface area contributed by atoms with Gasteiger partial charge in [-0.25, -0.2) is 15.0 Å². The van der Waals surface area contributed by atoms with E-state index in [2.05, 4.69) is 21.9 Å². The van der Waals surface area contributed by atoms with E-state index in [1.165, 1.54) is 11.2 Å². The minimum atomic E-state index is 1.00. The van der Waals surface area contributed by atoms with Crippen molar-refractivity contribution in [3.05, 3.63) is 29.1 Å². The highest BCUT2D eigenvalue weighted by Crippen LogP contribution is 2.24. The van der Waals surface area contributed by atoms with Crippen LogP contribution in [0.1, 0.15) is 11.8 Å². The van der Waals surface area contributed by atoms with Gasteiger partial charge in [0, 0.05) is 22.8 Å². The fourth-order valence-corrected chi connectivity index (χ4v) is 1.91. The van der Waals surface area contributed by atoms with Gasteiger partial charge in [-0.3, -0.25) is 0 Å². The molecular weight excluding hydrogens is 182 g/mol. The van der Waals surface area contributed by atoms with Gasteiger partial charge in [0.1, 0.15) is 6.33 Å². The minimum Gasteiger partial charge on any atom is -0.244 e. The SMILES string of the molecule is CCc1scnc1-c1cncnc1. The highest BCUT2D eigenvalue weighted by Gasteiger charge is 2.06. The molecule has 0 radical (unpaired) electrons. The maximum absolute atomic E-state index is 4.30. The molecule has 0 bridgehead atoms. The topological polar surface area (TPSA) is 38.7 Å². The van der Waals surface area contributed by atoms with Crippen molar-refractivity contribution in [3.8, 4) is 11.3 Å². The van der Waals surface area contributed by atoms with Crippen LogP contribution < -0.4 is 0 Å². The van der Waals surface area contributed by atoms with Gasteiger partial charge in [0.25, 0.3) is 0 Å². The molecule has 0 aliphatic heterocycles. The Labute approximate surface area is 80.5 Å². The van der Waals surface area contributed by atoms with Crippen LogP contribution in [0.15, 0.2) is 24.2 Å². The zero-order chi connectivity index (χ0) is 9.10. The number of aromatic nitrogens is 3. The van der Waals surface area contributed by atoms with E-state index < -0.39 is 0 Å². The molecule has 4 heteroatoms. The van der Waals surface area contributed by atoms with Gasteiger partial charge >= 0.3 is 0 Å². The number of hydrogen-bond donors (Lipinski definition) is 0. The highest BCUT2D eigenvalue weighted by atomic mass is 32.1. The van der Waals surface area contributed by atoms with Crippen molar-refractivity contribution in [1.82, 2.24) is 15.0 Å². The maximum Gasteiger partial charge on any atom is 0.115 e. The van der Waals surface area contributed by atoms with Crippen molar-refractivity contribution in [2.24, 2.45) is 0 Å². The Morgan fingerprint density at radius 3 is 2.77 bits per heavy atom. The van der Waals surface area contributed by atoms with Crippen molar-refractivity contribution >= 4 is 11.3 Å². The Morgan fingerprint density at radius 1 is 1.31 bits per heavy atom. The van der Waals surface area contributed by atoms with E-state index in [1.807, 2.05) is 5.51 Å². The van der Waals surface area contributed by atoms with E-state index in [0.29, 0.717) is 0 Å². The molecule has 0 atom stereocenters. The predicted octanol–water partition coefficient (Wildman–Crippen LogP) is 2.16. The molecule has 0 aliphatic carbocycles. The quantitative estimate of drug-likeness (QED) is 0.730. The van der Waals surface area contributed by atoms with Crippen LogP contribution in [-0.4, -0.2) is 15.0 Å². The number of aryl methyl sites for hydroxylation is 1. The summed E-state index contributed by atoms with van der Waals surface area (Å²) in [6.45, 7) is 2.13. The van der Waals surface area contributed by atoms with Crippen LogP contribution in [0.4, 0.5) is 0 Å². The van der Waals surface area contributed by atoms with Gasteiger partial charge in [-0.15, -0.1) is 11.3 Å². The van der Waals surface area contributed by atoms with Crippen LogP contribution in [0, 0.1) is 0 Å². The van der Waals surface area contributed by atoms with Gasteiger partial charge in [0.05, 0.1) is 11.2 Å². The Kier molecular flexibility index (Phi) is 2.31. The summed E-state index contributed by atoms with van der Waals surface area (Å²) >= 11 is 1.68. The number of rotatable bonds is 2. The molecule has 2 aromatic heterocycles. The minimum absolute atomic E-state index is 1.00. The lowest BCUT2D eigenvalue weighted by atomic mass is 10.2. The molecule has 0 amide bonds. The molecule has 3 nitrogen and oxygen atoms in total. The molecule has 0 aliphatic rings. The van der Waals surface area contributed by atoms with Gasteiger partial charge < -0.3 is 0 Å². The smallest absolute Gasteiger partial charge is 0.115 e. The second-order valence-corrected chi connectivity index (χ2v) is 3.54. The van der Waals surface area contributed by atoms with Gasteiger partial charge in [-0.05, 0) is 6.42 Å². The summed E-state index contributed by atoms with van der Waals surface area (Å²) in [4.78, 5) is 13.5. The third-order valence-electron chi connectivity index (χ3n) is 1.80. The summed E-state index contributed by atoms with van der Waals surface area (Å²) in [6.07, 6.45) is 6.12. The van der Waals surface area contributed by atoms with E-state index >= 15 is 0 Å². The fraction of sp³-hybridized carbons (Fsp3) is 0.222. The summed E-state index contributed by atoms with van der Waals surface area (Å²) in [6, 6.07) is 0. The normalized spacial score (nSPS) is 10.2. The van der Waals surface area contributed by atoms with Crippen LogP contribution in [0.25, 0.3) is 11.3 Å². The van der Waals surface area contributed by atoms with Crippen molar-refractivity contribution in [1.29, 1.82) is 0 Å². The zero-order valence-corrected chi connectivity index (χ0v) is 8.08. The van der Waals surface area contributed by atoms with Gasteiger partial charge in [0.15, 0.2) is 0 Å². The Morgan fingerprint density at radius 2 is 2.08 bits per heavy atom. The molecule has 2 aromatic rings. The molecule has 0 fully saturated rings. The first-order valence-electron chi connectivity index (χ1n) is 4.09.